The Bertz CT molecular complexity index is 722. The van der Waals surface area contributed by atoms with Gasteiger partial charge in [-0.05, 0) is 30.8 Å². The van der Waals surface area contributed by atoms with Crippen LogP contribution < -0.4 is 0 Å². The number of hydrogen-bond donors (Lipinski definition) is 0. The lowest BCUT2D eigenvalue weighted by Gasteiger charge is -2.17. The van der Waals surface area contributed by atoms with E-state index in [2.05, 4.69) is 26.3 Å². The topological polar surface area (TPSA) is 33.4 Å². The second kappa shape index (κ2) is 5.61. The molecule has 0 radical (unpaired) electrons. The third-order valence-corrected chi connectivity index (χ3v) is 3.56. The van der Waals surface area contributed by atoms with Gasteiger partial charge in [-0.15, -0.1) is 0 Å². The molecule has 0 aromatic carbocycles. The Morgan fingerprint density at radius 2 is 2.10 bits per heavy atom. The molecule has 4 nitrogen and oxygen atoms in total. The van der Waals surface area contributed by atoms with Gasteiger partial charge in [0.05, 0.1) is 16.9 Å². The van der Waals surface area contributed by atoms with Crippen molar-refractivity contribution in [2.75, 3.05) is 7.05 Å². The summed E-state index contributed by atoms with van der Waals surface area (Å²) in [6.45, 7) is 1.59. The average molecular weight is 287 g/mol. The van der Waals surface area contributed by atoms with Crippen LogP contribution in [0.5, 0.6) is 0 Å². The highest BCUT2D eigenvalue weighted by Crippen LogP contribution is 2.16. The van der Waals surface area contributed by atoms with E-state index in [-0.39, 0.29) is 0 Å². The molecule has 102 valence electrons. The Labute approximate surface area is 122 Å². The molecule has 0 saturated carbocycles. The van der Waals surface area contributed by atoms with Crippen LogP contribution in [0.2, 0.25) is 5.02 Å². The van der Waals surface area contributed by atoms with E-state index < -0.39 is 0 Å². The first-order valence-electron chi connectivity index (χ1n) is 6.42. The van der Waals surface area contributed by atoms with E-state index >= 15 is 0 Å². The monoisotopic (exact) mass is 286 g/mol. The van der Waals surface area contributed by atoms with Crippen molar-refractivity contribution in [3.8, 4) is 0 Å². The normalized spacial score (nSPS) is 11.3. The Hall–Kier alpha value is -1.91. The molecule has 0 unspecified atom stereocenters. The molecule has 5 heteroatoms. The summed E-state index contributed by atoms with van der Waals surface area (Å²) >= 11 is 6.14. The summed E-state index contributed by atoms with van der Waals surface area (Å²) in [6.07, 6.45) is 7.40. The molecule has 3 aromatic heterocycles. The molecule has 20 heavy (non-hydrogen) atoms. The van der Waals surface area contributed by atoms with E-state index in [0.29, 0.717) is 5.02 Å². The van der Waals surface area contributed by atoms with Crippen molar-refractivity contribution < 1.29 is 0 Å². The number of rotatable bonds is 4. The summed E-state index contributed by atoms with van der Waals surface area (Å²) in [6, 6.07) is 7.96. The summed E-state index contributed by atoms with van der Waals surface area (Å²) in [4.78, 5) is 10.6. The van der Waals surface area contributed by atoms with Gasteiger partial charge in [0, 0.05) is 31.7 Å². The number of aromatic nitrogens is 3. The molecule has 0 bridgehead atoms. The van der Waals surface area contributed by atoms with Gasteiger partial charge in [0.15, 0.2) is 0 Å². The molecule has 0 N–H and O–H groups in total. The van der Waals surface area contributed by atoms with Crippen LogP contribution in [-0.4, -0.2) is 26.3 Å². The van der Waals surface area contributed by atoms with Crippen molar-refractivity contribution in [2.24, 2.45) is 0 Å². The minimum absolute atomic E-state index is 0.706. The molecule has 3 rings (SSSR count). The SMILES string of the molecule is CN(Cc1ccncc1Cl)Cc1cnc2ccccn12. The lowest BCUT2D eigenvalue weighted by molar-refractivity contribution is 0.314. The first-order chi connectivity index (χ1) is 9.74. The number of fused-ring (bicyclic) bond motifs is 1. The van der Waals surface area contributed by atoms with Crippen molar-refractivity contribution in [3.63, 3.8) is 0 Å². The molecule has 3 heterocycles. The van der Waals surface area contributed by atoms with Gasteiger partial charge in [0.25, 0.3) is 0 Å². The first kappa shape index (κ1) is 13.1. The summed E-state index contributed by atoms with van der Waals surface area (Å²) in [5.41, 5.74) is 3.21. The fraction of sp³-hybridized carbons (Fsp3) is 0.200. The zero-order chi connectivity index (χ0) is 13.9. The highest BCUT2D eigenvalue weighted by atomic mass is 35.5. The molecule has 0 amide bonds. The molecule has 0 atom stereocenters. The Morgan fingerprint density at radius 3 is 2.95 bits per heavy atom. The van der Waals surface area contributed by atoms with Crippen molar-refractivity contribution in [3.05, 3.63) is 65.3 Å². The first-order valence-corrected chi connectivity index (χ1v) is 6.80. The van der Waals surface area contributed by atoms with Crippen LogP contribution in [0, 0.1) is 0 Å². The minimum Gasteiger partial charge on any atom is -0.303 e. The van der Waals surface area contributed by atoms with Gasteiger partial charge >= 0.3 is 0 Å². The van der Waals surface area contributed by atoms with Crippen LogP contribution in [-0.2, 0) is 13.1 Å². The van der Waals surface area contributed by atoms with E-state index in [1.807, 2.05) is 36.7 Å². The number of pyridine rings is 2. The fourth-order valence-electron chi connectivity index (χ4n) is 2.26. The molecular formula is C15H15ClN4. The number of imidazole rings is 1. The van der Waals surface area contributed by atoms with E-state index in [4.69, 9.17) is 11.6 Å². The van der Waals surface area contributed by atoms with Gasteiger partial charge in [-0.3, -0.25) is 9.88 Å². The van der Waals surface area contributed by atoms with Crippen molar-refractivity contribution in [2.45, 2.75) is 13.1 Å². The smallest absolute Gasteiger partial charge is 0.136 e. The van der Waals surface area contributed by atoms with Crippen molar-refractivity contribution in [1.29, 1.82) is 0 Å². The summed E-state index contributed by atoms with van der Waals surface area (Å²) < 4.78 is 2.10. The number of nitrogens with zero attached hydrogens (tertiary/aromatic N) is 4. The summed E-state index contributed by atoms with van der Waals surface area (Å²) in [5.74, 6) is 0. The van der Waals surface area contributed by atoms with Gasteiger partial charge in [-0.25, -0.2) is 4.98 Å². The quantitative estimate of drug-likeness (QED) is 0.739. The van der Waals surface area contributed by atoms with E-state index in [1.165, 1.54) is 0 Å². The molecule has 0 spiro atoms. The molecular weight excluding hydrogens is 272 g/mol. The highest BCUT2D eigenvalue weighted by molar-refractivity contribution is 6.31. The van der Waals surface area contributed by atoms with Crippen LogP contribution in [0.15, 0.2) is 49.1 Å². The van der Waals surface area contributed by atoms with Crippen molar-refractivity contribution >= 4 is 17.2 Å². The molecule has 0 saturated heterocycles. The predicted octanol–water partition coefficient (Wildman–Crippen LogP) is 3.01. The Balaban J connectivity index is 1.76. The third-order valence-electron chi connectivity index (χ3n) is 3.22. The Morgan fingerprint density at radius 1 is 1.20 bits per heavy atom. The van der Waals surface area contributed by atoms with Crippen LogP contribution >= 0.6 is 11.6 Å². The van der Waals surface area contributed by atoms with E-state index in [9.17, 15) is 0 Å². The van der Waals surface area contributed by atoms with Crippen LogP contribution in [0.1, 0.15) is 11.3 Å². The number of halogens is 1. The summed E-state index contributed by atoms with van der Waals surface area (Å²) in [5, 5.41) is 0.706. The highest BCUT2D eigenvalue weighted by Gasteiger charge is 2.08. The van der Waals surface area contributed by atoms with E-state index in [1.54, 1.807) is 12.4 Å². The molecule has 3 aromatic rings. The van der Waals surface area contributed by atoms with Gasteiger partial charge in [-0.1, -0.05) is 17.7 Å². The van der Waals surface area contributed by atoms with Crippen molar-refractivity contribution in [1.82, 2.24) is 19.3 Å². The van der Waals surface area contributed by atoms with Crippen LogP contribution in [0.4, 0.5) is 0 Å². The minimum atomic E-state index is 0.706. The second-order valence-electron chi connectivity index (χ2n) is 4.82. The maximum absolute atomic E-state index is 6.14. The van der Waals surface area contributed by atoms with Gasteiger partial charge in [-0.2, -0.15) is 0 Å². The fourth-order valence-corrected chi connectivity index (χ4v) is 2.44. The maximum Gasteiger partial charge on any atom is 0.136 e. The number of hydrogen-bond acceptors (Lipinski definition) is 3. The van der Waals surface area contributed by atoms with Gasteiger partial charge < -0.3 is 4.40 Å². The van der Waals surface area contributed by atoms with E-state index in [0.717, 1.165) is 30.0 Å². The maximum atomic E-state index is 6.14. The molecule has 0 aliphatic rings. The predicted molar refractivity (Wildman–Crippen MR) is 79.6 cm³/mol. The standard InChI is InChI=1S/C15H15ClN4/c1-19(10-12-5-6-17-9-14(12)16)11-13-8-18-15-4-2-3-7-20(13)15/h2-9H,10-11H2,1H3. The zero-order valence-electron chi connectivity index (χ0n) is 11.2. The third kappa shape index (κ3) is 2.66. The molecule has 0 aliphatic carbocycles. The zero-order valence-corrected chi connectivity index (χ0v) is 12.0. The molecule has 0 aliphatic heterocycles. The van der Waals surface area contributed by atoms with Crippen LogP contribution in [0.25, 0.3) is 5.65 Å². The lowest BCUT2D eigenvalue weighted by atomic mass is 10.2. The second-order valence-corrected chi connectivity index (χ2v) is 5.22. The largest absolute Gasteiger partial charge is 0.303 e. The average Bonchev–Trinajstić information content (AvgIpc) is 2.85. The molecule has 0 fully saturated rings. The van der Waals surface area contributed by atoms with Crippen LogP contribution in [0.3, 0.4) is 0 Å². The Kier molecular flexibility index (Phi) is 3.67. The summed E-state index contributed by atoms with van der Waals surface area (Å²) in [7, 11) is 2.07. The van der Waals surface area contributed by atoms with Gasteiger partial charge in [0.1, 0.15) is 5.65 Å². The van der Waals surface area contributed by atoms with Gasteiger partial charge in [0.2, 0.25) is 0 Å². The lowest BCUT2D eigenvalue weighted by Crippen LogP contribution is -2.18.